The van der Waals surface area contributed by atoms with Gasteiger partial charge in [-0.3, -0.25) is 0 Å². The SMILES string of the molecule is CCCCC(=[C-][Si](C)(C)C)c1[c-]cccc1.[Li+].[Li+]. The first-order valence-electron chi connectivity index (χ1n) is 6.14. The Morgan fingerprint density at radius 3 is 2.33 bits per heavy atom. The minimum atomic E-state index is -1.26. The zero-order valence-electron chi connectivity index (χ0n) is 12.9. The van der Waals surface area contributed by atoms with Crippen LogP contribution in [-0.4, -0.2) is 8.07 Å². The minimum absolute atomic E-state index is 0. The molecule has 0 saturated heterocycles. The van der Waals surface area contributed by atoms with Gasteiger partial charge >= 0.3 is 37.7 Å². The van der Waals surface area contributed by atoms with Crippen LogP contribution in [0.1, 0.15) is 31.7 Å². The zero-order chi connectivity index (χ0) is 12.0. The summed E-state index contributed by atoms with van der Waals surface area (Å²) in [4.78, 5) is 0. The van der Waals surface area contributed by atoms with E-state index in [0.717, 1.165) is 6.42 Å². The van der Waals surface area contributed by atoms with Crippen LogP contribution in [0, 0.1) is 11.8 Å². The Morgan fingerprint density at radius 1 is 1.22 bits per heavy atom. The van der Waals surface area contributed by atoms with Gasteiger partial charge in [0.05, 0.1) is 0 Å². The van der Waals surface area contributed by atoms with Gasteiger partial charge in [0.1, 0.15) is 0 Å². The van der Waals surface area contributed by atoms with E-state index in [4.69, 9.17) is 0 Å². The third kappa shape index (κ3) is 8.47. The second-order valence-corrected chi connectivity index (χ2v) is 9.98. The molecule has 1 aromatic rings. The molecule has 0 heterocycles. The van der Waals surface area contributed by atoms with Gasteiger partial charge in [-0.1, -0.05) is 45.8 Å². The van der Waals surface area contributed by atoms with E-state index in [0.29, 0.717) is 0 Å². The van der Waals surface area contributed by atoms with Gasteiger partial charge in [-0.2, -0.15) is 12.1 Å². The summed E-state index contributed by atoms with van der Waals surface area (Å²) in [6.45, 7) is 9.24. The van der Waals surface area contributed by atoms with E-state index < -0.39 is 8.07 Å². The monoisotopic (exact) mass is 244 g/mol. The van der Waals surface area contributed by atoms with Gasteiger partial charge in [-0.05, 0) is 8.07 Å². The van der Waals surface area contributed by atoms with Gasteiger partial charge in [-0.15, -0.1) is 6.07 Å². The van der Waals surface area contributed by atoms with Crippen LogP contribution in [0.15, 0.2) is 24.3 Å². The molecule has 0 aliphatic carbocycles. The molecule has 0 saturated carbocycles. The van der Waals surface area contributed by atoms with Crippen molar-refractivity contribution >= 4 is 13.6 Å². The van der Waals surface area contributed by atoms with E-state index >= 15 is 0 Å². The molecule has 88 valence electrons. The maximum atomic E-state index is 3.73. The molecule has 0 spiro atoms. The summed E-state index contributed by atoms with van der Waals surface area (Å²) in [5.74, 6) is 0. The van der Waals surface area contributed by atoms with Crippen molar-refractivity contribution in [2.45, 2.75) is 45.8 Å². The molecule has 18 heavy (non-hydrogen) atoms. The molecule has 0 aliphatic rings. The van der Waals surface area contributed by atoms with Crippen molar-refractivity contribution in [1.29, 1.82) is 0 Å². The summed E-state index contributed by atoms with van der Waals surface area (Å²) in [6.07, 6.45) is 3.63. The number of rotatable bonds is 5. The molecular formula is C15H22Li2Si. The molecule has 0 N–H and O–H groups in total. The molecule has 0 bridgehead atoms. The van der Waals surface area contributed by atoms with Crippen molar-refractivity contribution in [2.75, 3.05) is 0 Å². The van der Waals surface area contributed by atoms with Crippen LogP contribution in [0.3, 0.4) is 0 Å². The second-order valence-electron chi connectivity index (χ2n) is 5.23. The third-order valence-electron chi connectivity index (χ3n) is 2.34. The van der Waals surface area contributed by atoms with Crippen LogP contribution in [-0.2, 0) is 0 Å². The van der Waals surface area contributed by atoms with E-state index in [1.807, 2.05) is 12.1 Å². The molecule has 0 nitrogen and oxygen atoms in total. The first kappa shape index (κ1) is 20.7. The van der Waals surface area contributed by atoms with Gasteiger partial charge in [0.15, 0.2) is 0 Å². The normalized spacial score (nSPS) is 11.4. The van der Waals surface area contributed by atoms with Crippen LogP contribution in [0.2, 0.25) is 19.6 Å². The number of allylic oxidation sites excluding steroid dienone is 1. The molecule has 0 radical (unpaired) electrons. The molecule has 3 heteroatoms. The molecule has 0 atom stereocenters. The van der Waals surface area contributed by atoms with E-state index in [1.165, 1.54) is 24.0 Å². The predicted octanol–water partition coefficient (Wildman–Crippen LogP) is -1.25. The Kier molecular flexibility index (Phi) is 11.7. The first-order valence-corrected chi connectivity index (χ1v) is 9.64. The average Bonchev–Trinajstić information content (AvgIpc) is 2.24. The minimum Gasteiger partial charge on any atom is -0.327 e. The Morgan fingerprint density at radius 2 is 1.89 bits per heavy atom. The fraction of sp³-hybridized carbons (Fsp3) is 0.467. The standard InChI is InChI=1S/C15H22Si.2Li/c1-5-6-10-15(13-16(2,3)4)14-11-8-7-9-12-14;;/h7-9,11H,5-6,10H2,1-4H3;;/q-2;2*+1. The summed E-state index contributed by atoms with van der Waals surface area (Å²) < 4.78 is 0. The van der Waals surface area contributed by atoms with Crippen molar-refractivity contribution in [3.63, 3.8) is 0 Å². The van der Waals surface area contributed by atoms with Crippen LogP contribution >= 0.6 is 0 Å². The molecule has 1 aromatic carbocycles. The summed E-state index contributed by atoms with van der Waals surface area (Å²) in [7, 11) is -1.26. The molecular weight excluding hydrogens is 222 g/mol. The van der Waals surface area contributed by atoms with Gasteiger partial charge in [0, 0.05) is 0 Å². The zero-order valence-corrected chi connectivity index (χ0v) is 13.9. The van der Waals surface area contributed by atoms with Crippen molar-refractivity contribution in [1.82, 2.24) is 0 Å². The maximum Gasteiger partial charge on any atom is 1.00 e. The Balaban J connectivity index is 0. The average molecular weight is 244 g/mol. The van der Waals surface area contributed by atoms with Gasteiger partial charge in [0.2, 0.25) is 0 Å². The predicted molar refractivity (Wildman–Crippen MR) is 74.8 cm³/mol. The summed E-state index contributed by atoms with van der Waals surface area (Å²) in [6, 6.07) is 11.6. The fourth-order valence-electron chi connectivity index (χ4n) is 1.65. The Labute approximate surface area is 138 Å². The van der Waals surface area contributed by atoms with Crippen LogP contribution in [0.5, 0.6) is 0 Å². The van der Waals surface area contributed by atoms with E-state index in [1.54, 1.807) is 0 Å². The van der Waals surface area contributed by atoms with Gasteiger partial charge in [0.25, 0.3) is 0 Å². The molecule has 1 rings (SSSR count). The van der Waals surface area contributed by atoms with Crippen molar-refractivity contribution < 1.29 is 37.7 Å². The molecule has 0 aliphatic heterocycles. The van der Waals surface area contributed by atoms with E-state index in [2.05, 4.69) is 50.5 Å². The van der Waals surface area contributed by atoms with Crippen LogP contribution in [0.25, 0.3) is 5.57 Å². The first-order chi connectivity index (χ1) is 7.53. The number of hydrogen-bond donors (Lipinski definition) is 0. The molecule has 0 fully saturated rings. The number of unbranched alkanes of at least 4 members (excludes halogenated alkanes) is 1. The third-order valence-corrected chi connectivity index (χ3v) is 3.39. The topological polar surface area (TPSA) is 0 Å². The number of hydrogen-bond acceptors (Lipinski definition) is 0. The van der Waals surface area contributed by atoms with Gasteiger partial charge < -0.3 is 16.8 Å². The van der Waals surface area contributed by atoms with Crippen molar-refractivity contribution in [3.05, 3.63) is 41.6 Å². The smallest absolute Gasteiger partial charge is 0.327 e. The van der Waals surface area contributed by atoms with E-state index in [9.17, 15) is 0 Å². The van der Waals surface area contributed by atoms with Crippen LogP contribution in [0.4, 0.5) is 0 Å². The summed E-state index contributed by atoms with van der Waals surface area (Å²) in [5.41, 5.74) is 6.34. The quantitative estimate of drug-likeness (QED) is 0.448. The molecule has 0 aromatic heterocycles. The van der Waals surface area contributed by atoms with Crippen molar-refractivity contribution in [2.24, 2.45) is 0 Å². The van der Waals surface area contributed by atoms with Crippen LogP contribution < -0.4 is 37.7 Å². The largest absolute Gasteiger partial charge is 1.00 e. The number of benzene rings is 1. The maximum absolute atomic E-state index is 3.73. The Hall–Kier alpha value is 0.372. The summed E-state index contributed by atoms with van der Waals surface area (Å²) in [5, 5.41) is 0. The summed E-state index contributed by atoms with van der Waals surface area (Å²) >= 11 is 0. The molecule has 0 unspecified atom stereocenters. The molecule has 0 amide bonds. The van der Waals surface area contributed by atoms with Gasteiger partial charge in [-0.25, -0.2) is 12.1 Å². The van der Waals surface area contributed by atoms with E-state index in [-0.39, 0.29) is 37.7 Å². The van der Waals surface area contributed by atoms with Crippen molar-refractivity contribution in [3.8, 4) is 0 Å². The fourth-order valence-corrected chi connectivity index (χ4v) is 2.82. The Bertz CT molecular complexity index is 339. The second kappa shape index (κ2) is 10.2.